The number of likely N-dealkylation sites (N-methyl/N-ethyl adjacent to an activating group) is 1. The summed E-state index contributed by atoms with van der Waals surface area (Å²) >= 11 is -1.06. The van der Waals surface area contributed by atoms with E-state index in [2.05, 4.69) is 26.9 Å². The SMILES string of the molecule is C=I[C@H]1c2ccc(NC3CCN(Cc4ccccc4)CC3)c(O)c2C(=O)C2=C(O)[C@](O)(C(=O)CC(N)=O)[C@H]([C@@H](CO)N(C)C)[C@@H](O)[C@@H]21. The number of aliphatic hydroxyl groups is 4. The number of hydrogen-bond acceptors (Lipinski definition) is 11. The number of phenols is 1. The lowest BCUT2D eigenvalue weighted by atomic mass is 9.60. The predicted octanol–water partition coefficient (Wildman–Crippen LogP) is 1.63. The number of fused-ring (bicyclic) bond motifs is 2. The maximum atomic E-state index is 14.3. The highest BCUT2D eigenvalue weighted by molar-refractivity contribution is 14.2. The number of likely N-dealkylation sites (tertiary alicyclic amines) is 1. The Labute approximate surface area is 283 Å². The van der Waals surface area contributed by atoms with Crippen molar-refractivity contribution in [1.82, 2.24) is 9.80 Å². The van der Waals surface area contributed by atoms with Crippen molar-refractivity contribution in [3.63, 3.8) is 0 Å². The van der Waals surface area contributed by atoms with E-state index < -0.39 is 96.1 Å². The average Bonchev–Trinajstić information content (AvgIpc) is 3.03. The zero-order chi connectivity index (χ0) is 34.2. The monoisotopic (exact) mass is 762 g/mol. The third-order valence-electron chi connectivity index (χ3n) is 9.85. The summed E-state index contributed by atoms with van der Waals surface area (Å²) in [7, 11) is 3.13. The number of phenolic OH excluding ortho intramolecular Hbond substituents is 1. The number of aliphatic hydroxyl groups excluding tert-OH is 3. The molecule has 0 radical (unpaired) electrons. The molecule has 254 valence electrons. The van der Waals surface area contributed by atoms with Gasteiger partial charge in [0.2, 0.25) is 5.91 Å². The van der Waals surface area contributed by atoms with Gasteiger partial charge in [0.1, 0.15) is 11.5 Å². The van der Waals surface area contributed by atoms with Crippen molar-refractivity contribution in [3.8, 4) is 5.75 Å². The molecule has 2 aromatic rings. The van der Waals surface area contributed by atoms with E-state index in [0.29, 0.717) is 11.3 Å². The Morgan fingerprint density at radius 3 is 2.38 bits per heavy atom. The minimum atomic E-state index is -2.92. The number of piperidine rings is 1. The van der Waals surface area contributed by atoms with Crippen LogP contribution in [0.1, 0.15) is 44.7 Å². The summed E-state index contributed by atoms with van der Waals surface area (Å²) in [5.41, 5.74) is 3.87. The fourth-order valence-corrected chi connectivity index (χ4v) is 9.78. The number of halogens is 1. The Kier molecular flexibility index (Phi) is 10.5. The van der Waals surface area contributed by atoms with Gasteiger partial charge in [-0.15, -0.1) is 20.7 Å². The fraction of sp³-hybridized carbons (Fsp3) is 0.471. The number of carbonyl (C=O) groups is 3. The van der Waals surface area contributed by atoms with Crippen LogP contribution in [0.2, 0.25) is 0 Å². The number of carbonyl (C=O) groups excluding carboxylic acids is 3. The molecule has 5 rings (SSSR count). The van der Waals surface area contributed by atoms with Crippen LogP contribution in [0.5, 0.6) is 5.75 Å². The van der Waals surface area contributed by atoms with Crippen LogP contribution in [-0.2, 0) is 16.1 Å². The van der Waals surface area contributed by atoms with Gasteiger partial charge in [0.05, 0.1) is 30.4 Å². The summed E-state index contributed by atoms with van der Waals surface area (Å²) in [6.07, 6.45) is -0.989. The number of nitrogens with zero attached hydrogens (tertiary/aromatic N) is 2. The van der Waals surface area contributed by atoms with Gasteiger partial charge in [-0.05, 0) is 44.1 Å². The summed E-state index contributed by atoms with van der Waals surface area (Å²) in [4.78, 5) is 43.3. The lowest BCUT2D eigenvalue weighted by Crippen LogP contribution is -2.65. The lowest BCUT2D eigenvalue weighted by molar-refractivity contribution is -0.163. The Bertz CT molecular complexity index is 1580. The van der Waals surface area contributed by atoms with Crippen LogP contribution in [0.15, 0.2) is 53.8 Å². The zero-order valence-electron chi connectivity index (χ0n) is 26.5. The van der Waals surface area contributed by atoms with Crippen molar-refractivity contribution in [2.24, 2.45) is 17.6 Å². The minimum absolute atomic E-state index is 0.0244. The molecule has 2 aliphatic carbocycles. The van der Waals surface area contributed by atoms with E-state index in [4.69, 9.17) is 5.73 Å². The molecule has 0 spiro atoms. The quantitative estimate of drug-likeness (QED) is 0.0761. The van der Waals surface area contributed by atoms with Gasteiger partial charge in [-0.25, -0.2) is 0 Å². The molecule has 1 saturated heterocycles. The molecule has 1 heterocycles. The number of nitrogens with two attached hydrogens (primary N) is 1. The molecule has 12 nitrogen and oxygen atoms in total. The first-order chi connectivity index (χ1) is 22.3. The van der Waals surface area contributed by atoms with E-state index in [1.54, 1.807) is 26.2 Å². The maximum absolute atomic E-state index is 14.3. The first kappa shape index (κ1) is 35.1. The lowest BCUT2D eigenvalue weighted by Gasteiger charge is -2.51. The number of benzene rings is 2. The zero-order valence-corrected chi connectivity index (χ0v) is 28.6. The van der Waals surface area contributed by atoms with E-state index in [1.807, 2.05) is 18.2 Å². The van der Waals surface area contributed by atoms with E-state index in [1.165, 1.54) is 10.5 Å². The molecular weight excluding hydrogens is 719 g/mol. The number of Topliss-reactive ketones (excluding diaryl/α,β-unsaturated/α-hetero) is 2. The minimum Gasteiger partial charge on any atom is -0.508 e. The predicted molar refractivity (Wildman–Crippen MR) is 186 cm³/mol. The van der Waals surface area contributed by atoms with E-state index in [0.717, 1.165) is 32.5 Å². The van der Waals surface area contributed by atoms with Crippen LogP contribution >= 0.6 is 20.7 Å². The van der Waals surface area contributed by atoms with Gasteiger partial charge in [0.25, 0.3) is 0 Å². The normalized spacial score (nSPS) is 27.3. The standard InChI is InChI=1S/C34H43IN4O8/c1-35-29-20-9-10-21(37-19-11-13-39(14-12-19)16-18-7-5-4-6-8-18)30(43)25(20)31(44)27-26(29)32(45)28(22(17-40)38(2)3)34(47,33(27)46)23(41)15-24(36)42/h4-10,19,22,26,28-29,32,37,40,43,45-47H,1,11-17H2,2-3H3,(H2,36,42)/t22-,26+,28-,29+,32+,34+/m1/s1. The molecule has 3 aliphatic rings. The molecule has 1 fully saturated rings. The molecular formula is C34H43IN4O8. The fourth-order valence-electron chi connectivity index (χ4n) is 7.45. The second kappa shape index (κ2) is 14.1. The van der Waals surface area contributed by atoms with Gasteiger partial charge in [-0.2, -0.15) is 0 Å². The van der Waals surface area contributed by atoms with Gasteiger partial charge < -0.3 is 41.5 Å². The van der Waals surface area contributed by atoms with Crippen LogP contribution in [0.25, 0.3) is 0 Å². The Balaban J connectivity index is 1.51. The highest BCUT2D eigenvalue weighted by Gasteiger charge is 2.63. The number of anilines is 1. The second-order valence-electron chi connectivity index (χ2n) is 12.8. The van der Waals surface area contributed by atoms with Crippen LogP contribution in [0, 0.1) is 11.8 Å². The first-order valence-corrected chi connectivity index (χ1v) is 18.3. The summed E-state index contributed by atoms with van der Waals surface area (Å²) in [6.45, 7) is 1.90. The number of primary amides is 1. The van der Waals surface area contributed by atoms with Crippen LogP contribution < -0.4 is 11.1 Å². The number of ketones is 2. The van der Waals surface area contributed by atoms with Crippen LogP contribution in [0.3, 0.4) is 0 Å². The molecule has 2 aromatic carbocycles. The number of rotatable bonds is 11. The Morgan fingerprint density at radius 2 is 1.81 bits per heavy atom. The largest absolute Gasteiger partial charge is 0.508 e. The third-order valence-corrected chi connectivity index (χ3v) is 12.2. The Hall–Kier alpha value is -3.21. The molecule has 8 N–H and O–H groups in total. The number of amides is 1. The van der Waals surface area contributed by atoms with Gasteiger partial charge in [0.15, 0.2) is 17.2 Å². The van der Waals surface area contributed by atoms with Crippen molar-refractivity contribution in [1.29, 1.82) is 0 Å². The molecule has 0 bridgehead atoms. The van der Waals surface area contributed by atoms with E-state index in [-0.39, 0.29) is 17.4 Å². The number of alkyl halides is 1. The average molecular weight is 763 g/mol. The summed E-state index contributed by atoms with van der Waals surface area (Å²) in [6, 6.07) is 12.6. The van der Waals surface area contributed by atoms with Crippen LogP contribution in [0.4, 0.5) is 5.69 Å². The van der Waals surface area contributed by atoms with Crippen LogP contribution in [-0.4, -0.2) is 115 Å². The molecule has 47 heavy (non-hydrogen) atoms. The van der Waals surface area contributed by atoms with Crippen molar-refractivity contribution in [3.05, 3.63) is 70.5 Å². The Morgan fingerprint density at radius 1 is 1.15 bits per heavy atom. The smallest absolute Gasteiger partial charge is 0.225 e. The molecule has 0 saturated carbocycles. The molecule has 6 atom stereocenters. The highest BCUT2D eigenvalue weighted by Crippen LogP contribution is 2.57. The highest BCUT2D eigenvalue weighted by atomic mass is 127. The van der Waals surface area contributed by atoms with Crippen molar-refractivity contribution in [2.45, 2.75) is 53.5 Å². The number of aromatic hydroxyl groups is 1. The summed E-state index contributed by atoms with van der Waals surface area (Å²) in [5.74, 6) is -7.09. The number of nitrogens with one attached hydrogen (secondary N) is 1. The molecule has 13 heteroatoms. The van der Waals surface area contributed by atoms with Crippen molar-refractivity contribution >= 4 is 48.4 Å². The van der Waals surface area contributed by atoms with Gasteiger partial charge >= 0.3 is 0 Å². The first-order valence-electron chi connectivity index (χ1n) is 15.6. The van der Waals surface area contributed by atoms with Crippen molar-refractivity contribution < 1.29 is 39.9 Å². The molecule has 1 amide bonds. The molecule has 0 unspecified atom stereocenters. The third kappa shape index (κ3) is 6.36. The second-order valence-corrected chi connectivity index (χ2v) is 15.1. The summed E-state index contributed by atoms with van der Waals surface area (Å²) < 4.78 is 3.53. The van der Waals surface area contributed by atoms with E-state index >= 15 is 0 Å². The number of hydrogen-bond donors (Lipinski definition) is 7. The molecule has 1 aliphatic heterocycles. The summed E-state index contributed by atoms with van der Waals surface area (Å²) in [5, 5.41) is 60.8. The van der Waals surface area contributed by atoms with Crippen molar-refractivity contribution in [2.75, 3.05) is 39.1 Å². The van der Waals surface area contributed by atoms with Gasteiger partial charge in [0, 0.05) is 53.1 Å². The van der Waals surface area contributed by atoms with Gasteiger partial charge in [-0.3, -0.25) is 19.3 Å². The molecule has 0 aromatic heterocycles. The van der Waals surface area contributed by atoms with E-state index in [9.17, 15) is 39.9 Å². The maximum Gasteiger partial charge on any atom is 0.225 e. The topological polar surface area (TPSA) is 197 Å². The van der Waals surface area contributed by atoms with Gasteiger partial charge in [-0.1, -0.05) is 40.9 Å².